The van der Waals surface area contributed by atoms with E-state index in [1.165, 1.54) is 0 Å². The largest absolute Gasteiger partial charge is 0.351 e. The Morgan fingerprint density at radius 3 is 2.75 bits per heavy atom. The van der Waals surface area contributed by atoms with Gasteiger partial charge < -0.3 is 9.88 Å². The van der Waals surface area contributed by atoms with Gasteiger partial charge in [-0.25, -0.2) is 9.97 Å². The number of aromatic amines is 1. The van der Waals surface area contributed by atoms with Crippen molar-refractivity contribution in [2.45, 2.75) is 20.4 Å². The van der Waals surface area contributed by atoms with Gasteiger partial charge in [-0.1, -0.05) is 12.1 Å². The molecule has 1 N–H and O–H groups in total. The average molecular weight is 267 g/mol. The van der Waals surface area contributed by atoms with Gasteiger partial charge in [-0.3, -0.25) is 4.98 Å². The Morgan fingerprint density at radius 1 is 1.15 bits per heavy atom. The summed E-state index contributed by atoms with van der Waals surface area (Å²) < 4.78 is 0. The first-order valence-corrected chi connectivity index (χ1v) is 6.58. The second-order valence-corrected chi connectivity index (χ2v) is 4.98. The average Bonchev–Trinajstić information content (AvgIpc) is 2.83. The minimum Gasteiger partial charge on any atom is -0.351 e. The Bertz CT molecular complexity index is 714. The molecule has 0 bridgehead atoms. The van der Waals surface area contributed by atoms with E-state index in [1.54, 1.807) is 6.20 Å². The molecule has 20 heavy (non-hydrogen) atoms. The number of benzene rings is 1. The van der Waals surface area contributed by atoms with E-state index < -0.39 is 0 Å². The highest BCUT2D eigenvalue weighted by molar-refractivity contribution is 5.74. The van der Waals surface area contributed by atoms with Crippen LogP contribution in [0.3, 0.4) is 0 Å². The highest BCUT2D eigenvalue weighted by Crippen LogP contribution is 2.17. The summed E-state index contributed by atoms with van der Waals surface area (Å²) in [6.45, 7) is 4.59. The number of imidazole rings is 1. The van der Waals surface area contributed by atoms with E-state index in [-0.39, 0.29) is 0 Å². The number of H-pyrrole nitrogens is 1. The molecule has 0 spiro atoms. The third-order valence-electron chi connectivity index (χ3n) is 3.24. The third-order valence-corrected chi connectivity index (χ3v) is 3.24. The maximum atomic E-state index is 4.58. The molecule has 0 radical (unpaired) electrons. The van der Waals surface area contributed by atoms with Crippen molar-refractivity contribution in [3.05, 3.63) is 47.7 Å². The molecule has 2 heterocycles. The quantitative estimate of drug-likeness (QED) is 0.792. The molecule has 0 amide bonds. The molecule has 5 nitrogen and oxygen atoms in total. The molecule has 0 saturated heterocycles. The SMILES string of the molecule is Cc1cnc(C)c(N(C)Cc2nc3ccccc3[nH]2)n1. The topological polar surface area (TPSA) is 57.7 Å². The molecule has 0 aliphatic rings. The van der Waals surface area contributed by atoms with Gasteiger partial charge in [-0.2, -0.15) is 0 Å². The molecule has 0 fully saturated rings. The van der Waals surface area contributed by atoms with Crippen molar-refractivity contribution in [3.63, 3.8) is 0 Å². The summed E-state index contributed by atoms with van der Waals surface area (Å²) in [6.07, 6.45) is 1.79. The predicted octanol–water partition coefficient (Wildman–Crippen LogP) is 2.61. The van der Waals surface area contributed by atoms with Gasteiger partial charge in [0.1, 0.15) is 11.6 Å². The number of hydrogen-bond donors (Lipinski definition) is 1. The van der Waals surface area contributed by atoms with Gasteiger partial charge >= 0.3 is 0 Å². The standard InChI is InChI=1S/C15H17N5/c1-10-8-16-11(2)15(17-10)20(3)9-14-18-12-6-4-5-7-13(12)19-14/h4-8H,9H2,1-3H3,(H,18,19). The summed E-state index contributed by atoms with van der Waals surface area (Å²) in [6, 6.07) is 8.04. The van der Waals surface area contributed by atoms with Crippen LogP contribution in [0.25, 0.3) is 11.0 Å². The summed E-state index contributed by atoms with van der Waals surface area (Å²) >= 11 is 0. The smallest absolute Gasteiger partial charge is 0.150 e. The van der Waals surface area contributed by atoms with E-state index in [2.05, 4.69) is 24.8 Å². The van der Waals surface area contributed by atoms with Crippen LogP contribution in [-0.4, -0.2) is 27.0 Å². The molecule has 2 aromatic heterocycles. The van der Waals surface area contributed by atoms with E-state index in [0.29, 0.717) is 6.54 Å². The molecule has 0 atom stereocenters. The lowest BCUT2D eigenvalue weighted by molar-refractivity contribution is 0.829. The van der Waals surface area contributed by atoms with Crippen molar-refractivity contribution < 1.29 is 0 Å². The van der Waals surface area contributed by atoms with Gasteiger partial charge in [0.25, 0.3) is 0 Å². The first-order chi connectivity index (χ1) is 9.63. The Kier molecular flexibility index (Phi) is 3.10. The Morgan fingerprint density at radius 2 is 1.95 bits per heavy atom. The van der Waals surface area contributed by atoms with Crippen LogP contribution in [0.4, 0.5) is 5.82 Å². The van der Waals surface area contributed by atoms with Crippen molar-refractivity contribution in [2.24, 2.45) is 0 Å². The normalized spacial score (nSPS) is 10.9. The maximum Gasteiger partial charge on any atom is 0.150 e. The summed E-state index contributed by atoms with van der Waals surface area (Å²) in [7, 11) is 2.00. The number of aromatic nitrogens is 4. The van der Waals surface area contributed by atoms with E-state index in [4.69, 9.17) is 0 Å². The number of fused-ring (bicyclic) bond motifs is 1. The fourth-order valence-corrected chi connectivity index (χ4v) is 2.27. The number of aryl methyl sites for hydroxylation is 2. The minimum absolute atomic E-state index is 0.674. The number of nitrogens with zero attached hydrogens (tertiary/aromatic N) is 4. The highest BCUT2D eigenvalue weighted by Gasteiger charge is 2.10. The van der Waals surface area contributed by atoms with Gasteiger partial charge in [-0.05, 0) is 26.0 Å². The first-order valence-electron chi connectivity index (χ1n) is 6.58. The van der Waals surface area contributed by atoms with Gasteiger partial charge in [0.05, 0.1) is 29.0 Å². The zero-order valence-electron chi connectivity index (χ0n) is 11.9. The third kappa shape index (κ3) is 2.34. The number of nitrogens with one attached hydrogen (secondary N) is 1. The van der Waals surface area contributed by atoms with E-state index in [0.717, 1.165) is 34.1 Å². The molecule has 1 aromatic carbocycles. The van der Waals surface area contributed by atoms with Gasteiger partial charge in [-0.15, -0.1) is 0 Å². The van der Waals surface area contributed by atoms with Gasteiger partial charge in [0.15, 0.2) is 0 Å². The first kappa shape index (κ1) is 12.6. The van der Waals surface area contributed by atoms with E-state index >= 15 is 0 Å². The van der Waals surface area contributed by atoms with Gasteiger partial charge in [0.2, 0.25) is 0 Å². The van der Waals surface area contributed by atoms with E-state index in [1.807, 2.05) is 45.2 Å². The van der Waals surface area contributed by atoms with Crippen LogP contribution in [0, 0.1) is 13.8 Å². The van der Waals surface area contributed by atoms with Crippen LogP contribution in [-0.2, 0) is 6.54 Å². The molecule has 3 rings (SSSR count). The predicted molar refractivity (Wildman–Crippen MR) is 79.7 cm³/mol. The monoisotopic (exact) mass is 267 g/mol. The molecule has 0 aliphatic carbocycles. The molecule has 0 unspecified atom stereocenters. The second-order valence-electron chi connectivity index (χ2n) is 4.98. The molecular weight excluding hydrogens is 250 g/mol. The number of anilines is 1. The molecule has 0 saturated carbocycles. The lowest BCUT2D eigenvalue weighted by Gasteiger charge is -2.18. The Hall–Kier alpha value is -2.43. The minimum atomic E-state index is 0.674. The van der Waals surface area contributed by atoms with Crippen LogP contribution < -0.4 is 4.90 Å². The summed E-state index contributed by atoms with van der Waals surface area (Å²) in [5, 5.41) is 0. The zero-order chi connectivity index (χ0) is 14.1. The zero-order valence-corrected chi connectivity index (χ0v) is 11.9. The molecule has 5 heteroatoms. The van der Waals surface area contributed by atoms with E-state index in [9.17, 15) is 0 Å². The van der Waals surface area contributed by atoms with Crippen LogP contribution >= 0.6 is 0 Å². The maximum absolute atomic E-state index is 4.58. The highest BCUT2D eigenvalue weighted by atomic mass is 15.2. The second kappa shape index (κ2) is 4.92. The number of rotatable bonds is 3. The molecule has 0 aliphatic heterocycles. The van der Waals surface area contributed by atoms with Gasteiger partial charge in [0, 0.05) is 13.2 Å². The Balaban J connectivity index is 1.88. The van der Waals surface area contributed by atoms with Crippen molar-refractivity contribution >= 4 is 16.9 Å². The fraction of sp³-hybridized carbons (Fsp3) is 0.267. The number of hydrogen-bond acceptors (Lipinski definition) is 4. The van der Waals surface area contributed by atoms with Crippen LogP contribution in [0.5, 0.6) is 0 Å². The van der Waals surface area contributed by atoms with Crippen LogP contribution in [0.15, 0.2) is 30.5 Å². The van der Waals surface area contributed by atoms with Crippen LogP contribution in [0.2, 0.25) is 0 Å². The molecular formula is C15H17N5. The fourth-order valence-electron chi connectivity index (χ4n) is 2.27. The van der Waals surface area contributed by atoms with Crippen molar-refractivity contribution in [2.75, 3.05) is 11.9 Å². The number of para-hydroxylation sites is 2. The lowest BCUT2D eigenvalue weighted by atomic mass is 10.3. The van der Waals surface area contributed by atoms with Crippen molar-refractivity contribution in [1.29, 1.82) is 0 Å². The molecule has 3 aromatic rings. The van der Waals surface area contributed by atoms with Crippen LogP contribution in [0.1, 0.15) is 17.2 Å². The summed E-state index contributed by atoms with van der Waals surface area (Å²) in [5.74, 6) is 1.82. The summed E-state index contributed by atoms with van der Waals surface area (Å²) in [4.78, 5) is 18.9. The molecule has 102 valence electrons. The summed E-state index contributed by atoms with van der Waals surface area (Å²) in [5.41, 5.74) is 3.89. The van der Waals surface area contributed by atoms with Crippen molar-refractivity contribution in [1.82, 2.24) is 19.9 Å². The lowest BCUT2D eigenvalue weighted by Crippen LogP contribution is -2.20. The van der Waals surface area contributed by atoms with Crippen molar-refractivity contribution in [3.8, 4) is 0 Å². The Labute approximate surface area is 117 Å².